The van der Waals surface area contributed by atoms with Gasteiger partial charge in [0, 0.05) is 21.9 Å². The molecule has 0 aliphatic rings. The van der Waals surface area contributed by atoms with E-state index in [1.807, 2.05) is 25.1 Å². The molecule has 94 valence electrons. The van der Waals surface area contributed by atoms with Crippen LogP contribution in [0.5, 0.6) is 0 Å². The molecular formula is C13H13NO3S. The minimum Gasteiger partial charge on any atom is -0.475 e. The summed E-state index contributed by atoms with van der Waals surface area (Å²) in [4.78, 5) is 11.8. The smallest absolute Gasteiger partial charge is 0.372 e. The summed E-state index contributed by atoms with van der Waals surface area (Å²) in [5, 5.41) is 8.92. The van der Waals surface area contributed by atoms with E-state index in [1.165, 1.54) is 18.0 Å². The summed E-state index contributed by atoms with van der Waals surface area (Å²) in [6.07, 6.45) is 1.39. The fraction of sp³-hybridized carbons (Fsp3) is 0.154. The van der Waals surface area contributed by atoms with Crippen LogP contribution in [0.4, 0.5) is 5.69 Å². The Hall–Kier alpha value is -1.88. The van der Waals surface area contributed by atoms with Crippen LogP contribution in [0.1, 0.15) is 21.7 Å². The zero-order valence-electron chi connectivity index (χ0n) is 9.84. The molecule has 0 aliphatic heterocycles. The van der Waals surface area contributed by atoms with Gasteiger partial charge in [-0.1, -0.05) is 12.1 Å². The van der Waals surface area contributed by atoms with Crippen molar-refractivity contribution in [2.75, 3.05) is 5.73 Å². The molecule has 0 amide bonds. The minimum atomic E-state index is -1.05. The van der Waals surface area contributed by atoms with E-state index < -0.39 is 5.97 Å². The molecule has 18 heavy (non-hydrogen) atoms. The van der Waals surface area contributed by atoms with Crippen molar-refractivity contribution in [3.8, 4) is 0 Å². The van der Waals surface area contributed by atoms with Crippen molar-refractivity contribution in [2.24, 2.45) is 0 Å². The third-order valence-electron chi connectivity index (χ3n) is 2.61. The van der Waals surface area contributed by atoms with Gasteiger partial charge in [-0.15, -0.1) is 11.8 Å². The van der Waals surface area contributed by atoms with Gasteiger partial charge in [0.25, 0.3) is 0 Å². The highest BCUT2D eigenvalue weighted by Crippen LogP contribution is 2.31. The second-order valence-electron chi connectivity index (χ2n) is 3.86. The first-order valence-electron chi connectivity index (χ1n) is 5.37. The predicted octanol–water partition coefficient (Wildman–Crippen LogP) is 3.16. The predicted molar refractivity (Wildman–Crippen MR) is 70.8 cm³/mol. The Labute approximate surface area is 109 Å². The number of benzene rings is 1. The zero-order chi connectivity index (χ0) is 13.1. The van der Waals surface area contributed by atoms with Crippen molar-refractivity contribution < 1.29 is 14.3 Å². The quantitative estimate of drug-likeness (QED) is 0.654. The normalized spacial score (nSPS) is 10.5. The number of nitrogen functional groups attached to an aromatic ring is 1. The van der Waals surface area contributed by atoms with Gasteiger partial charge in [0.15, 0.2) is 0 Å². The Morgan fingerprint density at radius 3 is 2.94 bits per heavy atom. The SMILES string of the molecule is Cc1cccc(SCc2ccoc2C(=O)O)c1N. The number of hydrogen-bond donors (Lipinski definition) is 2. The topological polar surface area (TPSA) is 76.5 Å². The van der Waals surface area contributed by atoms with Gasteiger partial charge in [-0.2, -0.15) is 0 Å². The third kappa shape index (κ3) is 2.51. The molecule has 5 heteroatoms. The average Bonchev–Trinajstić information content (AvgIpc) is 2.79. The van der Waals surface area contributed by atoms with Crippen LogP contribution in [0, 0.1) is 6.92 Å². The number of hydrogen-bond acceptors (Lipinski definition) is 4. The molecule has 0 spiro atoms. The van der Waals surface area contributed by atoms with Crippen LogP contribution in [-0.2, 0) is 5.75 Å². The Bertz CT molecular complexity index is 577. The van der Waals surface area contributed by atoms with Crippen LogP contribution in [0.25, 0.3) is 0 Å². The Kier molecular flexibility index (Phi) is 3.62. The van der Waals surface area contributed by atoms with Crippen molar-refractivity contribution >= 4 is 23.4 Å². The number of carbonyl (C=O) groups is 1. The van der Waals surface area contributed by atoms with E-state index in [0.717, 1.165) is 16.1 Å². The van der Waals surface area contributed by atoms with Gasteiger partial charge in [-0.3, -0.25) is 0 Å². The number of carboxylic acid groups (broad SMARTS) is 1. The molecule has 0 aliphatic carbocycles. The van der Waals surface area contributed by atoms with E-state index >= 15 is 0 Å². The van der Waals surface area contributed by atoms with Crippen LogP contribution in [0.15, 0.2) is 39.8 Å². The van der Waals surface area contributed by atoms with Gasteiger partial charge in [0.1, 0.15) is 0 Å². The molecule has 0 saturated heterocycles. The Balaban J connectivity index is 2.14. The fourth-order valence-electron chi connectivity index (χ4n) is 1.57. The molecule has 0 fully saturated rings. The summed E-state index contributed by atoms with van der Waals surface area (Å²) in [5.74, 6) is -0.535. The number of rotatable bonds is 4. The summed E-state index contributed by atoms with van der Waals surface area (Å²) < 4.78 is 4.92. The molecule has 1 aromatic heterocycles. The monoisotopic (exact) mass is 263 g/mol. The number of aromatic carboxylic acids is 1. The first-order chi connectivity index (χ1) is 8.59. The van der Waals surface area contributed by atoms with E-state index in [-0.39, 0.29) is 5.76 Å². The second-order valence-corrected chi connectivity index (χ2v) is 4.87. The summed E-state index contributed by atoms with van der Waals surface area (Å²) in [6, 6.07) is 7.47. The van der Waals surface area contributed by atoms with Crippen LogP contribution in [0.3, 0.4) is 0 Å². The van der Waals surface area contributed by atoms with E-state index in [9.17, 15) is 4.79 Å². The Morgan fingerprint density at radius 2 is 2.22 bits per heavy atom. The van der Waals surface area contributed by atoms with Gasteiger partial charge < -0.3 is 15.3 Å². The van der Waals surface area contributed by atoms with Crippen LogP contribution in [-0.4, -0.2) is 11.1 Å². The fourth-order valence-corrected chi connectivity index (χ4v) is 2.60. The summed E-state index contributed by atoms with van der Waals surface area (Å²) in [6.45, 7) is 1.94. The largest absolute Gasteiger partial charge is 0.475 e. The molecule has 1 heterocycles. The first-order valence-corrected chi connectivity index (χ1v) is 6.35. The van der Waals surface area contributed by atoms with Crippen LogP contribution < -0.4 is 5.73 Å². The standard InChI is InChI=1S/C13H13NO3S/c1-8-3-2-4-10(11(8)14)18-7-9-5-6-17-12(9)13(15)16/h2-6H,7,14H2,1H3,(H,15,16). The lowest BCUT2D eigenvalue weighted by molar-refractivity contribution is 0.0661. The second kappa shape index (κ2) is 5.18. The Morgan fingerprint density at radius 1 is 1.44 bits per heavy atom. The number of thioether (sulfide) groups is 1. The van der Waals surface area contributed by atoms with Gasteiger partial charge in [-0.25, -0.2) is 4.79 Å². The van der Waals surface area contributed by atoms with Crippen LogP contribution in [0.2, 0.25) is 0 Å². The lowest BCUT2D eigenvalue weighted by Crippen LogP contribution is -1.98. The molecular weight excluding hydrogens is 250 g/mol. The third-order valence-corrected chi connectivity index (χ3v) is 3.73. The molecule has 2 aromatic rings. The van der Waals surface area contributed by atoms with E-state index in [0.29, 0.717) is 11.3 Å². The molecule has 0 bridgehead atoms. The molecule has 4 nitrogen and oxygen atoms in total. The molecule has 0 saturated carbocycles. The lowest BCUT2D eigenvalue weighted by Gasteiger charge is -2.07. The summed E-state index contributed by atoms with van der Waals surface area (Å²) in [7, 11) is 0. The van der Waals surface area contributed by atoms with E-state index in [4.69, 9.17) is 15.3 Å². The van der Waals surface area contributed by atoms with Crippen molar-refractivity contribution in [1.82, 2.24) is 0 Å². The highest BCUT2D eigenvalue weighted by Gasteiger charge is 2.14. The number of aryl methyl sites for hydroxylation is 1. The average molecular weight is 263 g/mol. The van der Waals surface area contributed by atoms with Gasteiger partial charge in [0.05, 0.1) is 6.26 Å². The highest BCUT2D eigenvalue weighted by molar-refractivity contribution is 7.98. The number of anilines is 1. The summed E-state index contributed by atoms with van der Waals surface area (Å²) in [5.41, 5.74) is 8.38. The van der Waals surface area contributed by atoms with Crippen molar-refractivity contribution in [1.29, 1.82) is 0 Å². The van der Waals surface area contributed by atoms with Crippen molar-refractivity contribution in [2.45, 2.75) is 17.6 Å². The van der Waals surface area contributed by atoms with Gasteiger partial charge in [-0.05, 0) is 24.6 Å². The molecule has 0 radical (unpaired) electrons. The molecule has 2 rings (SSSR count). The van der Waals surface area contributed by atoms with Gasteiger partial charge in [0.2, 0.25) is 5.76 Å². The zero-order valence-corrected chi connectivity index (χ0v) is 10.7. The van der Waals surface area contributed by atoms with Gasteiger partial charge >= 0.3 is 5.97 Å². The van der Waals surface area contributed by atoms with E-state index in [2.05, 4.69) is 0 Å². The molecule has 1 aromatic carbocycles. The number of carboxylic acids is 1. The van der Waals surface area contributed by atoms with Crippen molar-refractivity contribution in [3.05, 3.63) is 47.4 Å². The summed E-state index contributed by atoms with van der Waals surface area (Å²) >= 11 is 1.50. The molecule has 0 unspecified atom stereocenters. The number of para-hydroxylation sites is 1. The maximum absolute atomic E-state index is 10.9. The maximum Gasteiger partial charge on any atom is 0.372 e. The lowest BCUT2D eigenvalue weighted by atomic mass is 10.2. The van der Waals surface area contributed by atoms with E-state index in [1.54, 1.807) is 6.07 Å². The van der Waals surface area contributed by atoms with Crippen molar-refractivity contribution in [3.63, 3.8) is 0 Å². The molecule has 3 N–H and O–H groups in total. The minimum absolute atomic E-state index is 0.00581. The molecule has 0 atom stereocenters. The van der Waals surface area contributed by atoms with Crippen LogP contribution >= 0.6 is 11.8 Å². The number of furan rings is 1. The highest BCUT2D eigenvalue weighted by atomic mass is 32.2. The number of nitrogens with two attached hydrogens (primary N) is 1. The maximum atomic E-state index is 10.9. The first kappa shape index (κ1) is 12.6.